The molecule has 7 heteroatoms. The van der Waals surface area contributed by atoms with Crippen LogP contribution in [0.2, 0.25) is 5.02 Å². The Bertz CT molecular complexity index is 740. The molecule has 4 nitrogen and oxygen atoms in total. The summed E-state index contributed by atoms with van der Waals surface area (Å²) in [5.74, 6) is -1.26. The highest BCUT2D eigenvalue weighted by molar-refractivity contribution is 9.10. The molecule has 120 valence electrons. The fraction of sp³-hybridized carbons (Fsp3) is 0.125. The number of halogens is 3. The maximum absolute atomic E-state index is 13.0. The van der Waals surface area contributed by atoms with Crippen molar-refractivity contribution in [2.45, 2.75) is 6.42 Å². The van der Waals surface area contributed by atoms with Crippen LogP contribution in [0.5, 0.6) is 0 Å². The summed E-state index contributed by atoms with van der Waals surface area (Å²) in [6, 6.07) is 11.2. The minimum Gasteiger partial charge on any atom is -0.347 e. The second-order valence-electron chi connectivity index (χ2n) is 4.72. The van der Waals surface area contributed by atoms with Crippen LogP contribution in [0.3, 0.4) is 0 Å². The van der Waals surface area contributed by atoms with Gasteiger partial charge in [0.05, 0.1) is 18.0 Å². The third kappa shape index (κ3) is 5.33. The van der Waals surface area contributed by atoms with Crippen molar-refractivity contribution in [2.24, 2.45) is 0 Å². The van der Waals surface area contributed by atoms with Crippen LogP contribution in [0.1, 0.15) is 5.56 Å². The van der Waals surface area contributed by atoms with Crippen molar-refractivity contribution < 1.29 is 14.0 Å². The van der Waals surface area contributed by atoms with E-state index in [0.717, 1.165) is 16.1 Å². The van der Waals surface area contributed by atoms with Gasteiger partial charge < -0.3 is 10.6 Å². The van der Waals surface area contributed by atoms with Gasteiger partial charge in [-0.3, -0.25) is 9.59 Å². The first-order valence-corrected chi connectivity index (χ1v) is 7.88. The zero-order chi connectivity index (χ0) is 16.8. The van der Waals surface area contributed by atoms with Crippen LogP contribution >= 0.6 is 27.5 Å². The van der Waals surface area contributed by atoms with Crippen LogP contribution in [-0.4, -0.2) is 18.4 Å². The Labute approximate surface area is 146 Å². The molecule has 2 N–H and O–H groups in total. The van der Waals surface area contributed by atoms with E-state index in [4.69, 9.17) is 11.6 Å². The highest BCUT2D eigenvalue weighted by Gasteiger charge is 2.09. The monoisotopic (exact) mass is 398 g/mol. The predicted molar refractivity (Wildman–Crippen MR) is 90.9 cm³/mol. The quantitative estimate of drug-likeness (QED) is 0.808. The van der Waals surface area contributed by atoms with Crippen molar-refractivity contribution in [3.8, 4) is 0 Å². The summed E-state index contributed by atoms with van der Waals surface area (Å²) in [5, 5.41) is 4.97. The fourth-order valence-electron chi connectivity index (χ4n) is 1.84. The average Bonchev–Trinajstić information content (AvgIpc) is 2.51. The first-order valence-electron chi connectivity index (χ1n) is 6.70. The third-order valence-electron chi connectivity index (χ3n) is 2.96. The van der Waals surface area contributed by atoms with Gasteiger partial charge in [0.15, 0.2) is 0 Å². The van der Waals surface area contributed by atoms with E-state index in [0.29, 0.717) is 5.69 Å². The lowest BCUT2D eigenvalue weighted by atomic mass is 10.1. The van der Waals surface area contributed by atoms with Crippen LogP contribution in [-0.2, 0) is 16.0 Å². The van der Waals surface area contributed by atoms with Gasteiger partial charge in [-0.1, -0.05) is 45.7 Å². The van der Waals surface area contributed by atoms with Crippen LogP contribution in [0.15, 0.2) is 46.9 Å². The lowest BCUT2D eigenvalue weighted by Gasteiger charge is -2.08. The number of benzene rings is 2. The summed E-state index contributed by atoms with van der Waals surface area (Å²) in [7, 11) is 0. The number of nitrogens with one attached hydrogen (secondary N) is 2. The molecule has 23 heavy (non-hydrogen) atoms. The normalized spacial score (nSPS) is 10.2. The van der Waals surface area contributed by atoms with Gasteiger partial charge in [0.1, 0.15) is 5.82 Å². The molecule has 0 aliphatic heterocycles. The fourth-order valence-corrected chi connectivity index (χ4v) is 2.44. The van der Waals surface area contributed by atoms with Gasteiger partial charge in [0.25, 0.3) is 0 Å². The topological polar surface area (TPSA) is 58.2 Å². The van der Waals surface area contributed by atoms with Gasteiger partial charge in [-0.25, -0.2) is 4.39 Å². The summed E-state index contributed by atoms with van der Waals surface area (Å²) in [4.78, 5) is 23.6. The lowest BCUT2D eigenvalue weighted by Crippen LogP contribution is -2.33. The summed E-state index contributed by atoms with van der Waals surface area (Å²) >= 11 is 8.99. The molecule has 0 saturated carbocycles. The third-order valence-corrected chi connectivity index (χ3v) is 4.02. The maximum Gasteiger partial charge on any atom is 0.243 e. The Morgan fingerprint density at radius 1 is 1.13 bits per heavy atom. The van der Waals surface area contributed by atoms with Crippen LogP contribution < -0.4 is 10.6 Å². The van der Waals surface area contributed by atoms with Gasteiger partial charge in [-0.15, -0.1) is 0 Å². The summed E-state index contributed by atoms with van der Waals surface area (Å²) < 4.78 is 13.9. The molecule has 0 fully saturated rings. The van der Waals surface area contributed by atoms with Crippen LogP contribution in [0.25, 0.3) is 0 Å². The Kier molecular flexibility index (Phi) is 6.12. The first kappa shape index (κ1) is 17.4. The van der Waals surface area contributed by atoms with E-state index in [2.05, 4.69) is 26.6 Å². The average molecular weight is 400 g/mol. The zero-order valence-corrected chi connectivity index (χ0v) is 14.2. The van der Waals surface area contributed by atoms with Gasteiger partial charge in [0, 0.05) is 10.2 Å². The largest absolute Gasteiger partial charge is 0.347 e. The molecule has 0 atom stereocenters. The summed E-state index contributed by atoms with van der Waals surface area (Å²) in [6.07, 6.45) is 0.164. The van der Waals surface area contributed by atoms with Crippen molar-refractivity contribution in [2.75, 3.05) is 11.9 Å². The van der Waals surface area contributed by atoms with Gasteiger partial charge in [-0.2, -0.15) is 0 Å². The number of hydrogen-bond donors (Lipinski definition) is 2. The molecule has 0 aliphatic carbocycles. The standard InChI is InChI=1S/C16H13BrClFN2O2/c17-12-4-2-1-3-10(12)7-15(22)20-9-16(23)21-11-5-6-14(19)13(18)8-11/h1-6,8H,7,9H2,(H,20,22)(H,21,23). The van der Waals surface area contributed by atoms with Crippen molar-refractivity contribution >= 4 is 45.0 Å². The lowest BCUT2D eigenvalue weighted by molar-refractivity contribution is -0.123. The smallest absolute Gasteiger partial charge is 0.243 e. The highest BCUT2D eigenvalue weighted by Crippen LogP contribution is 2.19. The number of carbonyl (C=O) groups excluding carboxylic acids is 2. The van der Waals surface area contributed by atoms with Crippen LogP contribution in [0, 0.1) is 5.82 Å². The molecular formula is C16H13BrClFN2O2. The zero-order valence-electron chi connectivity index (χ0n) is 11.9. The Morgan fingerprint density at radius 2 is 1.87 bits per heavy atom. The van der Waals surface area contributed by atoms with Gasteiger partial charge >= 0.3 is 0 Å². The molecular weight excluding hydrogens is 387 g/mol. The van der Waals surface area contributed by atoms with E-state index in [9.17, 15) is 14.0 Å². The molecule has 2 amide bonds. The SMILES string of the molecule is O=C(Cc1ccccc1Br)NCC(=O)Nc1ccc(F)c(Cl)c1. The number of rotatable bonds is 5. The predicted octanol–water partition coefficient (Wildman–Crippen LogP) is 3.54. The summed E-state index contributed by atoms with van der Waals surface area (Å²) in [6.45, 7) is -0.182. The second kappa shape index (κ2) is 8.08. The van der Waals surface area contributed by atoms with Crippen molar-refractivity contribution in [3.63, 3.8) is 0 Å². The van der Waals surface area contributed by atoms with Gasteiger partial charge in [-0.05, 0) is 29.8 Å². The molecule has 0 unspecified atom stereocenters. The van der Waals surface area contributed by atoms with E-state index >= 15 is 0 Å². The Balaban J connectivity index is 1.83. The van der Waals surface area contributed by atoms with E-state index in [1.165, 1.54) is 12.1 Å². The van der Waals surface area contributed by atoms with E-state index in [1.54, 1.807) is 0 Å². The van der Waals surface area contributed by atoms with Crippen molar-refractivity contribution in [1.29, 1.82) is 0 Å². The number of anilines is 1. The van der Waals surface area contributed by atoms with Crippen molar-refractivity contribution in [3.05, 3.63) is 63.3 Å². The highest BCUT2D eigenvalue weighted by atomic mass is 79.9. The van der Waals surface area contributed by atoms with Gasteiger partial charge in [0.2, 0.25) is 11.8 Å². The minimum atomic E-state index is -0.564. The maximum atomic E-state index is 13.0. The molecule has 0 saturated heterocycles. The molecule has 0 aliphatic rings. The van der Waals surface area contributed by atoms with E-state index in [-0.39, 0.29) is 23.9 Å². The number of hydrogen-bond acceptors (Lipinski definition) is 2. The second-order valence-corrected chi connectivity index (χ2v) is 5.98. The Morgan fingerprint density at radius 3 is 2.57 bits per heavy atom. The van der Waals surface area contributed by atoms with E-state index < -0.39 is 11.7 Å². The minimum absolute atomic E-state index is 0.0826. The Hall–Kier alpha value is -1.92. The molecule has 0 aromatic heterocycles. The molecule has 0 heterocycles. The number of carbonyl (C=O) groups is 2. The molecule has 0 radical (unpaired) electrons. The van der Waals surface area contributed by atoms with E-state index in [1.807, 2.05) is 24.3 Å². The number of amides is 2. The van der Waals surface area contributed by atoms with Crippen molar-refractivity contribution in [1.82, 2.24) is 5.32 Å². The molecule has 2 aromatic rings. The summed E-state index contributed by atoms with van der Waals surface area (Å²) in [5.41, 5.74) is 1.19. The molecule has 2 aromatic carbocycles. The molecule has 0 spiro atoms. The van der Waals surface area contributed by atoms with Crippen LogP contribution in [0.4, 0.5) is 10.1 Å². The molecule has 0 bridgehead atoms. The first-order chi connectivity index (χ1) is 11.0. The molecule has 2 rings (SSSR count).